The number of aromatic nitrogens is 2. The van der Waals surface area contributed by atoms with Gasteiger partial charge < -0.3 is 4.42 Å². The molecule has 0 aliphatic carbocycles. The second kappa shape index (κ2) is 10.3. The van der Waals surface area contributed by atoms with E-state index in [4.69, 9.17) is 14.4 Å². The molecule has 0 fully saturated rings. The molecule has 45 heavy (non-hydrogen) atoms. The van der Waals surface area contributed by atoms with Crippen molar-refractivity contribution in [1.29, 1.82) is 0 Å². The first-order valence-electron chi connectivity index (χ1n) is 15.2. The maximum atomic E-state index is 6.70. The van der Waals surface area contributed by atoms with Gasteiger partial charge in [-0.05, 0) is 58.0 Å². The SMILES string of the molecule is c1ccc(-c2cccc(-c3cc4c(oc5cccc(-c6nc7ccccc7nc6-c6ccccc6)c54)c4ccccc34)c2)cc1. The number of hydrogen-bond acceptors (Lipinski definition) is 3. The molecule has 9 rings (SSSR count). The minimum absolute atomic E-state index is 0.830. The fourth-order valence-corrected chi connectivity index (χ4v) is 6.57. The lowest BCUT2D eigenvalue weighted by Gasteiger charge is -2.12. The highest BCUT2D eigenvalue weighted by Gasteiger charge is 2.21. The van der Waals surface area contributed by atoms with Gasteiger partial charge in [0.25, 0.3) is 0 Å². The van der Waals surface area contributed by atoms with Crippen LogP contribution in [0, 0.1) is 0 Å². The van der Waals surface area contributed by atoms with Crippen LogP contribution in [-0.4, -0.2) is 9.97 Å². The van der Waals surface area contributed by atoms with Crippen molar-refractivity contribution in [3.63, 3.8) is 0 Å². The van der Waals surface area contributed by atoms with E-state index in [1.807, 2.05) is 42.5 Å². The standard InChI is InChI=1S/C42H26N2O/c1-3-13-27(14-4-1)29-17-11-18-30(25-29)34-26-35-39-33(21-12-24-38(39)45-42(35)32-20-8-7-19-31(32)34)41-40(28-15-5-2-6-16-28)43-36-22-9-10-23-37(36)44-41/h1-26H. The van der Waals surface area contributed by atoms with E-state index in [1.165, 1.54) is 16.7 Å². The predicted molar refractivity (Wildman–Crippen MR) is 186 cm³/mol. The van der Waals surface area contributed by atoms with Gasteiger partial charge in [-0.1, -0.05) is 127 Å². The van der Waals surface area contributed by atoms with E-state index in [1.54, 1.807) is 0 Å². The van der Waals surface area contributed by atoms with Crippen molar-refractivity contribution in [2.75, 3.05) is 0 Å². The van der Waals surface area contributed by atoms with Crippen LogP contribution in [0.3, 0.4) is 0 Å². The van der Waals surface area contributed by atoms with Crippen LogP contribution < -0.4 is 0 Å². The maximum absolute atomic E-state index is 6.70. The van der Waals surface area contributed by atoms with E-state index in [9.17, 15) is 0 Å². The fraction of sp³-hybridized carbons (Fsp3) is 0. The maximum Gasteiger partial charge on any atom is 0.143 e. The molecule has 3 heteroatoms. The molecule has 9 aromatic rings. The first-order valence-corrected chi connectivity index (χ1v) is 15.2. The first kappa shape index (κ1) is 25.4. The number of hydrogen-bond donors (Lipinski definition) is 0. The van der Waals surface area contributed by atoms with Crippen molar-refractivity contribution in [3.05, 3.63) is 158 Å². The zero-order valence-electron chi connectivity index (χ0n) is 24.3. The molecule has 0 unspecified atom stereocenters. The van der Waals surface area contributed by atoms with Gasteiger partial charge in [-0.25, -0.2) is 9.97 Å². The van der Waals surface area contributed by atoms with Crippen LogP contribution in [0.25, 0.3) is 88.5 Å². The highest BCUT2D eigenvalue weighted by molar-refractivity contribution is 6.22. The van der Waals surface area contributed by atoms with Crippen molar-refractivity contribution < 1.29 is 4.42 Å². The van der Waals surface area contributed by atoms with Gasteiger partial charge in [0, 0.05) is 27.3 Å². The molecule has 0 aliphatic heterocycles. The van der Waals surface area contributed by atoms with Crippen LogP contribution in [0.5, 0.6) is 0 Å². The van der Waals surface area contributed by atoms with Gasteiger partial charge in [-0.15, -0.1) is 0 Å². The van der Waals surface area contributed by atoms with Crippen LogP contribution in [0.4, 0.5) is 0 Å². The number of furan rings is 1. The third kappa shape index (κ3) is 4.21. The van der Waals surface area contributed by atoms with Crippen LogP contribution in [-0.2, 0) is 0 Å². The summed E-state index contributed by atoms with van der Waals surface area (Å²) in [4.78, 5) is 10.4. The lowest BCUT2D eigenvalue weighted by Crippen LogP contribution is -1.95. The van der Waals surface area contributed by atoms with Gasteiger partial charge in [0.2, 0.25) is 0 Å². The summed E-state index contributed by atoms with van der Waals surface area (Å²) < 4.78 is 6.70. The highest BCUT2D eigenvalue weighted by Crippen LogP contribution is 2.44. The monoisotopic (exact) mass is 574 g/mol. The van der Waals surface area contributed by atoms with Gasteiger partial charge in [-0.2, -0.15) is 0 Å². The Bertz CT molecular complexity index is 2530. The summed E-state index contributed by atoms with van der Waals surface area (Å²) in [6.45, 7) is 0. The molecule has 0 bridgehead atoms. The first-order chi connectivity index (χ1) is 22.3. The zero-order chi connectivity index (χ0) is 29.7. The Balaban J connectivity index is 1.36. The molecule has 0 atom stereocenters. The Kier molecular flexibility index (Phi) is 5.82. The van der Waals surface area contributed by atoms with Crippen molar-refractivity contribution in [2.45, 2.75) is 0 Å². The molecule has 0 amide bonds. The Labute approximate surface area is 260 Å². The molecular formula is C42H26N2O. The second-order valence-corrected chi connectivity index (χ2v) is 11.3. The topological polar surface area (TPSA) is 38.9 Å². The minimum Gasteiger partial charge on any atom is -0.455 e. The fourth-order valence-electron chi connectivity index (χ4n) is 6.57. The van der Waals surface area contributed by atoms with E-state index in [2.05, 4.69) is 115 Å². The van der Waals surface area contributed by atoms with Crippen LogP contribution >= 0.6 is 0 Å². The summed E-state index contributed by atoms with van der Waals surface area (Å²) in [6, 6.07) is 54.8. The lowest BCUT2D eigenvalue weighted by molar-refractivity contribution is 0.673. The Morgan fingerprint density at radius 1 is 0.378 bits per heavy atom. The quantitative estimate of drug-likeness (QED) is 0.210. The molecule has 0 aliphatic rings. The Hall–Kier alpha value is -6.06. The molecule has 0 saturated carbocycles. The van der Waals surface area contributed by atoms with Crippen molar-refractivity contribution in [2.24, 2.45) is 0 Å². The van der Waals surface area contributed by atoms with Crippen molar-refractivity contribution in [1.82, 2.24) is 9.97 Å². The van der Waals surface area contributed by atoms with E-state index in [0.717, 1.165) is 71.8 Å². The molecule has 0 spiro atoms. The van der Waals surface area contributed by atoms with Crippen molar-refractivity contribution in [3.8, 4) is 44.8 Å². The second-order valence-electron chi connectivity index (χ2n) is 11.3. The number of fused-ring (bicyclic) bond motifs is 6. The van der Waals surface area contributed by atoms with E-state index < -0.39 is 0 Å². The summed E-state index contributed by atoms with van der Waals surface area (Å²) in [5.41, 5.74) is 11.9. The Morgan fingerprint density at radius 2 is 0.978 bits per heavy atom. The molecule has 210 valence electrons. The summed E-state index contributed by atoms with van der Waals surface area (Å²) in [7, 11) is 0. The van der Waals surface area contributed by atoms with Crippen LogP contribution in [0.1, 0.15) is 0 Å². The number of rotatable bonds is 4. The van der Waals surface area contributed by atoms with Crippen molar-refractivity contribution >= 4 is 43.7 Å². The molecule has 0 N–H and O–H groups in total. The summed E-state index contributed by atoms with van der Waals surface area (Å²) in [5, 5.41) is 4.35. The minimum atomic E-state index is 0.830. The largest absolute Gasteiger partial charge is 0.455 e. The van der Waals surface area contributed by atoms with Gasteiger partial charge >= 0.3 is 0 Å². The van der Waals surface area contributed by atoms with Gasteiger partial charge in [0.15, 0.2) is 0 Å². The third-order valence-corrected chi connectivity index (χ3v) is 8.66. The normalized spacial score (nSPS) is 11.6. The van der Waals surface area contributed by atoms with E-state index in [-0.39, 0.29) is 0 Å². The molecule has 0 saturated heterocycles. The molecule has 2 aromatic heterocycles. The molecule has 2 heterocycles. The van der Waals surface area contributed by atoms with Gasteiger partial charge in [-0.3, -0.25) is 0 Å². The highest BCUT2D eigenvalue weighted by atomic mass is 16.3. The molecule has 3 nitrogen and oxygen atoms in total. The van der Waals surface area contributed by atoms with Gasteiger partial charge in [0.05, 0.1) is 22.4 Å². The van der Waals surface area contributed by atoms with Gasteiger partial charge in [0.1, 0.15) is 11.2 Å². The predicted octanol–water partition coefficient (Wildman–Crippen LogP) is 11.4. The molecular weight excluding hydrogens is 548 g/mol. The summed E-state index contributed by atoms with van der Waals surface area (Å²) >= 11 is 0. The lowest BCUT2D eigenvalue weighted by atomic mass is 9.92. The van der Waals surface area contributed by atoms with E-state index >= 15 is 0 Å². The number of para-hydroxylation sites is 2. The Morgan fingerprint density at radius 3 is 1.76 bits per heavy atom. The van der Waals surface area contributed by atoms with E-state index in [0.29, 0.717) is 0 Å². The smallest absolute Gasteiger partial charge is 0.143 e. The number of benzene rings is 7. The molecule has 0 radical (unpaired) electrons. The zero-order valence-corrected chi connectivity index (χ0v) is 24.3. The third-order valence-electron chi connectivity index (χ3n) is 8.66. The summed E-state index contributed by atoms with van der Waals surface area (Å²) in [6.07, 6.45) is 0. The van der Waals surface area contributed by atoms with Crippen LogP contribution in [0.15, 0.2) is 162 Å². The molecule has 7 aromatic carbocycles. The summed E-state index contributed by atoms with van der Waals surface area (Å²) in [5.74, 6) is 0. The van der Waals surface area contributed by atoms with Crippen LogP contribution in [0.2, 0.25) is 0 Å². The average molecular weight is 575 g/mol. The average Bonchev–Trinajstić information content (AvgIpc) is 3.51. The number of nitrogens with zero attached hydrogens (tertiary/aromatic N) is 2.